The van der Waals surface area contributed by atoms with E-state index >= 15 is 0 Å². The molecule has 0 amide bonds. The SMILES string of the molecule is FC(F)(F)Oc1ccc(CN2CC(c3nc(-c4ncccn4)no3)C2)cc1. The van der Waals surface area contributed by atoms with Gasteiger partial charge in [0.25, 0.3) is 0 Å². The molecule has 1 aromatic carbocycles. The summed E-state index contributed by atoms with van der Waals surface area (Å²) in [6, 6.07) is 7.56. The van der Waals surface area contributed by atoms with Crippen molar-refractivity contribution in [3.8, 4) is 17.4 Å². The minimum absolute atomic E-state index is 0.114. The monoisotopic (exact) mass is 377 g/mol. The van der Waals surface area contributed by atoms with Crippen molar-refractivity contribution in [1.29, 1.82) is 0 Å². The quantitative estimate of drug-likeness (QED) is 0.676. The van der Waals surface area contributed by atoms with E-state index in [0.717, 1.165) is 18.7 Å². The zero-order valence-corrected chi connectivity index (χ0v) is 13.9. The average molecular weight is 377 g/mol. The van der Waals surface area contributed by atoms with Crippen LogP contribution in [0.25, 0.3) is 11.6 Å². The van der Waals surface area contributed by atoms with Gasteiger partial charge in [-0.05, 0) is 23.8 Å². The molecule has 0 atom stereocenters. The number of hydrogen-bond donors (Lipinski definition) is 0. The number of nitrogens with zero attached hydrogens (tertiary/aromatic N) is 5. The molecule has 0 aliphatic carbocycles. The van der Waals surface area contributed by atoms with Gasteiger partial charge in [-0.3, -0.25) is 4.90 Å². The van der Waals surface area contributed by atoms with Gasteiger partial charge in [-0.15, -0.1) is 13.2 Å². The number of aromatic nitrogens is 4. The molecule has 140 valence electrons. The molecule has 3 aromatic rings. The average Bonchev–Trinajstić information content (AvgIpc) is 3.08. The van der Waals surface area contributed by atoms with Crippen LogP contribution in [0.15, 0.2) is 47.2 Å². The second kappa shape index (κ2) is 6.95. The molecule has 0 saturated carbocycles. The first-order valence-corrected chi connectivity index (χ1v) is 8.14. The van der Waals surface area contributed by atoms with E-state index in [0.29, 0.717) is 24.1 Å². The molecule has 27 heavy (non-hydrogen) atoms. The Hall–Kier alpha value is -3.01. The van der Waals surface area contributed by atoms with E-state index in [-0.39, 0.29) is 11.7 Å². The summed E-state index contributed by atoms with van der Waals surface area (Å²) in [5.74, 6) is 1.17. The lowest BCUT2D eigenvalue weighted by molar-refractivity contribution is -0.274. The summed E-state index contributed by atoms with van der Waals surface area (Å²) in [4.78, 5) is 14.6. The molecule has 1 fully saturated rings. The smallest absolute Gasteiger partial charge is 0.406 e. The standard InChI is InChI=1S/C17H14F3N5O2/c18-17(19,20)26-13-4-2-11(3-5-13)8-25-9-12(10-25)16-23-15(24-27-16)14-21-6-1-7-22-14/h1-7,12H,8-10H2. The molecule has 0 radical (unpaired) electrons. The van der Waals surface area contributed by atoms with Gasteiger partial charge in [0, 0.05) is 32.0 Å². The third-order valence-corrected chi connectivity index (χ3v) is 4.08. The molecule has 3 heterocycles. The van der Waals surface area contributed by atoms with Crippen molar-refractivity contribution in [1.82, 2.24) is 25.0 Å². The Kier molecular flexibility index (Phi) is 4.48. The lowest BCUT2D eigenvalue weighted by Gasteiger charge is -2.37. The highest BCUT2D eigenvalue weighted by Gasteiger charge is 2.33. The zero-order chi connectivity index (χ0) is 18.9. The van der Waals surface area contributed by atoms with Crippen molar-refractivity contribution in [2.45, 2.75) is 18.8 Å². The number of likely N-dealkylation sites (tertiary alicyclic amines) is 1. The molecule has 1 aliphatic heterocycles. The molecule has 10 heteroatoms. The fourth-order valence-corrected chi connectivity index (χ4v) is 2.82. The molecule has 4 rings (SSSR count). The molecule has 0 spiro atoms. The maximum atomic E-state index is 12.2. The number of rotatable bonds is 5. The van der Waals surface area contributed by atoms with Gasteiger partial charge in [0.05, 0.1) is 5.92 Å². The largest absolute Gasteiger partial charge is 0.573 e. The van der Waals surface area contributed by atoms with Crippen molar-refractivity contribution in [2.75, 3.05) is 13.1 Å². The third-order valence-electron chi connectivity index (χ3n) is 4.08. The highest BCUT2D eigenvalue weighted by Crippen LogP contribution is 2.29. The lowest BCUT2D eigenvalue weighted by atomic mass is 9.99. The second-order valence-electron chi connectivity index (χ2n) is 6.11. The Bertz CT molecular complexity index is 893. The Balaban J connectivity index is 1.31. The second-order valence-corrected chi connectivity index (χ2v) is 6.11. The van der Waals surface area contributed by atoms with Gasteiger partial charge >= 0.3 is 6.36 Å². The predicted molar refractivity (Wildman–Crippen MR) is 86.5 cm³/mol. The van der Waals surface area contributed by atoms with Crippen LogP contribution in [-0.2, 0) is 6.54 Å². The van der Waals surface area contributed by atoms with Gasteiger partial charge in [0.1, 0.15) is 5.75 Å². The molecule has 0 bridgehead atoms. The molecule has 1 saturated heterocycles. The van der Waals surface area contributed by atoms with E-state index in [2.05, 4.69) is 29.7 Å². The summed E-state index contributed by atoms with van der Waals surface area (Å²) in [5, 5.41) is 3.90. The number of hydrogen-bond acceptors (Lipinski definition) is 7. The van der Waals surface area contributed by atoms with E-state index in [1.54, 1.807) is 30.6 Å². The van der Waals surface area contributed by atoms with Crippen LogP contribution in [0.4, 0.5) is 13.2 Å². The van der Waals surface area contributed by atoms with Crippen molar-refractivity contribution >= 4 is 0 Å². The topological polar surface area (TPSA) is 77.2 Å². The van der Waals surface area contributed by atoms with Gasteiger partial charge in [0.15, 0.2) is 0 Å². The number of ether oxygens (including phenoxy) is 1. The molecule has 0 N–H and O–H groups in total. The van der Waals surface area contributed by atoms with Crippen LogP contribution in [0.3, 0.4) is 0 Å². The molecule has 7 nitrogen and oxygen atoms in total. The van der Waals surface area contributed by atoms with E-state index in [1.807, 2.05) is 0 Å². The summed E-state index contributed by atoms with van der Waals surface area (Å²) in [6.45, 7) is 2.06. The Morgan fingerprint density at radius 3 is 2.44 bits per heavy atom. The fourth-order valence-electron chi connectivity index (χ4n) is 2.82. The minimum atomic E-state index is -4.68. The third kappa shape index (κ3) is 4.22. The van der Waals surface area contributed by atoms with Gasteiger partial charge in [0.2, 0.25) is 17.5 Å². The van der Waals surface area contributed by atoms with Crippen molar-refractivity contribution in [2.24, 2.45) is 0 Å². The van der Waals surface area contributed by atoms with Crippen LogP contribution in [0.1, 0.15) is 17.4 Å². The number of alkyl halides is 3. The highest BCUT2D eigenvalue weighted by atomic mass is 19.4. The van der Waals surface area contributed by atoms with Crippen molar-refractivity contribution in [3.63, 3.8) is 0 Å². The van der Waals surface area contributed by atoms with Crippen LogP contribution < -0.4 is 4.74 Å². The van der Waals surface area contributed by atoms with E-state index < -0.39 is 6.36 Å². The first-order chi connectivity index (χ1) is 13.0. The minimum Gasteiger partial charge on any atom is -0.406 e. The maximum Gasteiger partial charge on any atom is 0.573 e. The molecular weight excluding hydrogens is 363 g/mol. The summed E-state index contributed by atoms with van der Waals surface area (Å²) in [7, 11) is 0. The first kappa shape index (κ1) is 17.4. The van der Waals surface area contributed by atoms with Crippen molar-refractivity contribution in [3.05, 3.63) is 54.2 Å². The summed E-state index contributed by atoms with van der Waals surface area (Å²) in [5.41, 5.74) is 0.895. The van der Waals surface area contributed by atoms with Gasteiger partial charge < -0.3 is 9.26 Å². The van der Waals surface area contributed by atoms with E-state index in [1.165, 1.54) is 12.1 Å². The van der Waals surface area contributed by atoms with Gasteiger partial charge in [-0.2, -0.15) is 4.98 Å². The zero-order valence-electron chi connectivity index (χ0n) is 13.9. The normalized spacial score (nSPS) is 15.5. The van der Waals surface area contributed by atoms with Crippen molar-refractivity contribution < 1.29 is 22.4 Å². The summed E-state index contributed by atoms with van der Waals surface area (Å²) >= 11 is 0. The molecule has 1 aliphatic rings. The molecule has 2 aromatic heterocycles. The van der Waals surface area contributed by atoms with Crippen LogP contribution >= 0.6 is 0 Å². The van der Waals surface area contributed by atoms with E-state index in [9.17, 15) is 13.2 Å². The number of halogens is 3. The highest BCUT2D eigenvalue weighted by molar-refractivity contribution is 5.40. The lowest BCUT2D eigenvalue weighted by Crippen LogP contribution is -2.44. The van der Waals surface area contributed by atoms with Crippen LogP contribution in [0, 0.1) is 0 Å². The van der Waals surface area contributed by atoms with Gasteiger partial charge in [-0.25, -0.2) is 9.97 Å². The van der Waals surface area contributed by atoms with E-state index in [4.69, 9.17) is 4.52 Å². The Labute approximate surface area is 151 Å². The summed E-state index contributed by atoms with van der Waals surface area (Å²) < 4.78 is 45.7. The van der Waals surface area contributed by atoms with Crippen LogP contribution in [0.5, 0.6) is 5.75 Å². The Morgan fingerprint density at radius 2 is 1.78 bits per heavy atom. The first-order valence-electron chi connectivity index (χ1n) is 8.14. The number of benzene rings is 1. The van der Waals surface area contributed by atoms with Crippen LogP contribution in [-0.4, -0.2) is 44.5 Å². The molecule has 0 unspecified atom stereocenters. The van der Waals surface area contributed by atoms with Crippen LogP contribution in [0.2, 0.25) is 0 Å². The van der Waals surface area contributed by atoms with Gasteiger partial charge in [-0.1, -0.05) is 17.3 Å². The fraction of sp³-hybridized carbons (Fsp3) is 0.294. The maximum absolute atomic E-state index is 12.2. The predicted octanol–water partition coefficient (Wildman–Crippen LogP) is 3.02. The molecular formula is C17H14F3N5O2. The Morgan fingerprint density at radius 1 is 1.07 bits per heavy atom. The summed E-state index contributed by atoms with van der Waals surface area (Å²) in [6.07, 6.45) is -1.47.